The summed E-state index contributed by atoms with van der Waals surface area (Å²) < 4.78 is 28.6. The predicted molar refractivity (Wildman–Crippen MR) is 82.5 cm³/mol. The van der Waals surface area contributed by atoms with Crippen LogP contribution in [0.25, 0.3) is 0 Å². The van der Waals surface area contributed by atoms with Crippen molar-refractivity contribution in [3.8, 4) is 0 Å². The second-order valence-electron chi connectivity index (χ2n) is 4.78. The highest BCUT2D eigenvalue weighted by atomic mass is 79.9. The number of sulfonamides is 1. The molecule has 0 aliphatic heterocycles. The molecule has 0 spiro atoms. The Balaban J connectivity index is 2.50. The monoisotopic (exact) mass is 357 g/mol. The molecule has 2 aromatic rings. The van der Waals surface area contributed by atoms with Crippen LogP contribution in [0, 0.1) is 27.7 Å². The third-order valence-corrected chi connectivity index (χ3v) is 5.13. The summed E-state index contributed by atoms with van der Waals surface area (Å²) in [6, 6.07) is 3.75. The highest BCUT2D eigenvalue weighted by Crippen LogP contribution is 2.28. The number of benzene rings is 1. The largest absolute Gasteiger partial charge is 0.281 e. The Morgan fingerprint density at radius 1 is 1.15 bits per heavy atom. The van der Waals surface area contributed by atoms with Crippen LogP contribution < -0.4 is 4.72 Å². The lowest BCUT2D eigenvalue weighted by Gasteiger charge is -2.14. The van der Waals surface area contributed by atoms with Gasteiger partial charge in [0.25, 0.3) is 10.0 Å². The first-order chi connectivity index (χ1) is 9.22. The topological polar surface area (TPSA) is 74.8 Å². The molecule has 1 aromatic heterocycles. The van der Waals surface area contributed by atoms with E-state index < -0.39 is 10.0 Å². The van der Waals surface area contributed by atoms with Crippen molar-refractivity contribution < 1.29 is 8.42 Å². The van der Waals surface area contributed by atoms with Crippen LogP contribution in [0.15, 0.2) is 21.5 Å². The van der Waals surface area contributed by atoms with E-state index in [0.29, 0.717) is 17.1 Å². The molecule has 0 aliphatic rings. The number of aromatic amines is 1. The van der Waals surface area contributed by atoms with E-state index in [0.717, 1.165) is 15.6 Å². The van der Waals surface area contributed by atoms with Gasteiger partial charge in [-0.3, -0.25) is 9.82 Å². The van der Waals surface area contributed by atoms with Crippen LogP contribution in [0.1, 0.15) is 22.5 Å². The molecule has 108 valence electrons. The first-order valence-electron chi connectivity index (χ1n) is 6.03. The molecular weight excluding hydrogens is 342 g/mol. The average Bonchev–Trinajstić information content (AvgIpc) is 2.64. The minimum absolute atomic E-state index is 0.208. The van der Waals surface area contributed by atoms with Gasteiger partial charge in [0.15, 0.2) is 0 Å². The van der Waals surface area contributed by atoms with Gasteiger partial charge in [0, 0.05) is 4.47 Å². The van der Waals surface area contributed by atoms with Crippen LogP contribution in [0.3, 0.4) is 0 Å². The molecule has 0 fully saturated rings. The molecule has 0 saturated carbocycles. The lowest BCUT2D eigenvalue weighted by Crippen LogP contribution is -2.16. The van der Waals surface area contributed by atoms with Crippen LogP contribution in [-0.4, -0.2) is 18.6 Å². The van der Waals surface area contributed by atoms with Gasteiger partial charge in [-0.25, -0.2) is 8.42 Å². The quantitative estimate of drug-likeness (QED) is 0.885. The number of aryl methyl sites for hydroxylation is 4. The van der Waals surface area contributed by atoms with Crippen LogP contribution >= 0.6 is 15.9 Å². The van der Waals surface area contributed by atoms with Gasteiger partial charge in [0.1, 0.15) is 4.90 Å². The SMILES string of the molecule is Cc1cc(Br)cc(C)c1NS(=O)(=O)c1c(C)n[nH]c1C. The fourth-order valence-electron chi connectivity index (χ4n) is 2.19. The Hall–Kier alpha value is -1.34. The number of anilines is 1. The van der Waals surface area contributed by atoms with Crippen molar-refractivity contribution in [3.05, 3.63) is 39.1 Å². The maximum atomic E-state index is 12.5. The Morgan fingerprint density at radius 3 is 2.15 bits per heavy atom. The fraction of sp³-hybridized carbons (Fsp3) is 0.308. The molecule has 1 heterocycles. The number of rotatable bonds is 3. The van der Waals surface area contributed by atoms with Gasteiger partial charge in [-0.2, -0.15) is 5.10 Å². The zero-order valence-corrected chi connectivity index (χ0v) is 14.1. The van der Waals surface area contributed by atoms with E-state index in [9.17, 15) is 8.42 Å². The zero-order valence-electron chi connectivity index (χ0n) is 11.7. The number of hydrogen-bond acceptors (Lipinski definition) is 3. The van der Waals surface area contributed by atoms with Gasteiger partial charge in [0.05, 0.1) is 17.1 Å². The third kappa shape index (κ3) is 2.73. The van der Waals surface area contributed by atoms with Crippen LogP contribution in [0.2, 0.25) is 0 Å². The van der Waals surface area contributed by atoms with Gasteiger partial charge >= 0.3 is 0 Å². The van der Waals surface area contributed by atoms with Crippen molar-refractivity contribution in [2.45, 2.75) is 32.6 Å². The summed E-state index contributed by atoms with van der Waals surface area (Å²) in [7, 11) is -3.65. The van der Waals surface area contributed by atoms with Gasteiger partial charge in [-0.15, -0.1) is 0 Å². The minimum Gasteiger partial charge on any atom is -0.281 e. The number of halogens is 1. The molecule has 1 aromatic carbocycles. The normalized spacial score (nSPS) is 11.7. The molecule has 20 heavy (non-hydrogen) atoms. The summed E-state index contributed by atoms with van der Waals surface area (Å²) in [5.41, 5.74) is 3.32. The highest BCUT2D eigenvalue weighted by Gasteiger charge is 2.23. The molecule has 0 radical (unpaired) electrons. The van der Waals surface area contributed by atoms with Crippen molar-refractivity contribution in [2.75, 3.05) is 4.72 Å². The van der Waals surface area contributed by atoms with Gasteiger partial charge in [-0.1, -0.05) is 15.9 Å². The van der Waals surface area contributed by atoms with E-state index in [1.807, 2.05) is 26.0 Å². The van der Waals surface area contributed by atoms with Crippen molar-refractivity contribution in [1.82, 2.24) is 10.2 Å². The molecule has 0 unspecified atom stereocenters. The van der Waals surface area contributed by atoms with E-state index in [1.54, 1.807) is 13.8 Å². The lowest BCUT2D eigenvalue weighted by atomic mass is 10.1. The minimum atomic E-state index is -3.65. The van der Waals surface area contributed by atoms with E-state index in [-0.39, 0.29) is 4.90 Å². The maximum absolute atomic E-state index is 12.5. The molecule has 7 heteroatoms. The van der Waals surface area contributed by atoms with Crippen LogP contribution in [0.5, 0.6) is 0 Å². The van der Waals surface area contributed by atoms with Crippen molar-refractivity contribution in [3.63, 3.8) is 0 Å². The van der Waals surface area contributed by atoms with Crippen LogP contribution in [0.4, 0.5) is 5.69 Å². The van der Waals surface area contributed by atoms with E-state index in [4.69, 9.17) is 0 Å². The number of nitrogens with one attached hydrogen (secondary N) is 2. The van der Waals surface area contributed by atoms with E-state index >= 15 is 0 Å². The Bertz CT molecular complexity index is 723. The first-order valence-corrected chi connectivity index (χ1v) is 8.31. The third-order valence-electron chi connectivity index (χ3n) is 3.06. The number of nitrogens with zero attached hydrogens (tertiary/aromatic N) is 1. The Labute approximate surface area is 127 Å². The van der Waals surface area contributed by atoms with Crippen molar-refractivity contribution >= 4 is 31.6 Å². The first kappa shape index (κ1) is 15.1. The molecule has 0 bridgehead atoms. The number of aromatic nitrogens is 2. The molecular formula is C13H16BrN3O2S. The zero-order chi connectivity index (χ0) is 15.1. The van der Waals surface area contributed by atoms with Crippen LogP contribution in [-0.2, 0) is 10.0 Å². The molecule has 0 saturated heterocycles. The number of H-pyrrole nitrogens is 1. The van der Waals surface area contributed by atoms with Crippen molar-refractivity contribution in [2.24, 2.45) is 0 Å². The second-order valence-corrected chi connectivity index (χ2v) is 7.32. The Kier molecular flexibility index (Phi) is 3.93. The average molecular weight is 358 g/mol. The molecule has 0 atom stereocenters. The smallest absolute Gasteiger partial charge is 0.265 e. The number of hydrogen-bond donors (Lipinski definition) is 2. The van der Waals surface area contributed by atoms with Gasteiger partial charge < -0.3 is 0 Å². The molecule has 2 N–H and O–H groups in total. The summed E-state index contributed by atoms with van der Waals surface area (Å²) in [5, 5.41) is 6.62. The summed E-state index contributed by atoms with van der Waals surface area (Å²) in [6.07, 6.45) is 0. The van der Waals surface area contributed by atoms with Gasteiger partial charge in [0.2, 0.25) is 0 Å². The predicted octanol–water partition coefficient (Wildman–Crippen LogP) is 3.21. The highest BCUT2D eigenvalue weighted by molar-refractivity contribution is 9.10. The lowest BCUT2D eigenvalue weighted by molar-refractivity contribution is 0.600. The molecule has 0 aliphatic carbocycles. The maximum Gasteiger partial charge on any atom is 0.265 e. The fourth-order valence-corrected chi connectivity index (χ4v) is 4.46. The standard InChI is InChI=1S/C13H16BrN3O2S/c1-7-5-11(14)6-8(2)12(7)17-20(18,19)13-9(3)15-16-10(13)4/h5-6,17H,1-4H3,(H,15,16). The molecule has 0 amide bonds. The van der Waals surface area contributed by atoms with E-state index in [2.05, 4.69) is 30.8 Å². The summed E-state index contributed by atoms with van der Waals surface area (Å²) >= 11 is 3.40. The summed E-state index contributed by atoms with van der Waals surface area (Å²) in [6.45, 7) is 7.09. The molecule has 2 rings (SSSR count). The Morgan fingerprint density at radius 2 is 1.70 bits per heavy atom. The summed E-state index contributed by atoms with van der Waals surface area (Å²) in [4.78, 5) is 0.208. The van der Waals surface area contributed by atoms with E-state index in [1.165, 1.54) is 0 Å². The van der Waals surface area contributed by atoms with Gasteiger partial charge in [-0.05, 0) is 51.0 Å². The molecule has 5 nitrogen and oxygen atoms in total. The van der Waals surface area contributed by atoms with Crippen molar-refractivity contribution in [1.29, 1.82) is 0 Å². The summed E-state index contributed by atoms with van der Waals surface area (Å²) in [5.74, 6) is 0. The second kappa shape index (κ2) is 5.21.